The van der Waals surface area contributed by atoms with E-state index in [1.165, 1.54) is 5.56 Å². The molecule has 0 heterocycles. The molecule has 0 saturated carbocycles. The Hall–Kier alpha value is -1.80. The van der Waals surface area contributed by atoms with Crippen LogP contribution in [0.3, 0.4) is 0 Å². The Kier molecular flexibility index (Phi) is 7.44. The summed E-state index contributed by atoms with van der Waals surface area (Å²) in [6.45, 7) is 13.0. The van der Waals surface area contributed by atoms with E-state index >= 15 is 0 Å². The van der Waals surface area contributed by atoms with Crippen LogP contribution < -0.4 is 15.1 Å². The molecule has 0 fully saturated rings. The summed E-state index contributed by atoms with van der Waals surface area (Å²) in [4.78, 5) is 29.5. The van der Waals surface area contributed by atoms with Gasteiger partial charge in [0.25, 0.3) is 8.38 Å². The van der Waals surface area contributed by atoms with E-state index < -0.39 is 16.8 Å². The highest BCUT2D eigenvalue weighted by Crippen LogP contribution is 2.41. The molecule has 0 radical (unpaired) electrons. The van der Waals surface area contributed by atoms with Crippen molar-refractivity contribution in [3.8, 4) is 16.9 Å². The van der Waals surface area contributed by atoms with Crippen molar-refractivity contribution in [3.63, 3.8) is 0 Å². The van der Waals surface area contributed by atoms with Crippen molar-refractivity contribution < 1.29 is 19.2 Å². The molecule has 0 aromatic heterocycles. The lowest BCUT2D eigenvalue weighted by atomic mass is 9.80. The Labute approximate surface area is 193 Å². The van der Waals surface area contributed by atoms with Gasteiger partial charge in [-0.1, -0.05) is 77.9 Å². The lowest BCUT2D eigenvalue weighted by Gasteiger charge is -2.27. The minimum absolute atomic E-state index is 0.0345. The van der Waals surface area contributed by atoms with Gasteiger partial charge in [0, 0.05) is 16.2 Å². The van der Waals surface area contributed by atoms with Gasteiger partial charge in [-0.15, -0.1) is 0 Å². The third-order valence-electron chi connectivity index (χ3n) is 5.36. The van der Waals surface area contributed by atoms with Crippen molar-refractivity contribution in [2.24, 2.45) is 0 Å². The van der Waals surface area contributed by atoms with Gasteiger partial charge >= 0.3 is 0 Å². The van der Waals surface area contributed by atoms with E-state index in [0.717, 1.165) is 22.0 Å². The summed E-state index contributed by atoms with van der Waals surface area (Å²) in [6, 6.07) is 21.0. The van der Waals surface area contributed by atoms with Gasteiger partial charge < -0.3 is 19.2 Å². The van der Waals surface area contributed by atoms with Gasteiger partial charge in [0.1, 0.15) is 5.75 Å². The first-order valence-corrected chi connectivity index (χ1v) is 13.0. The minimum Gasteiger partial charge on any atom is -0.444 e. The van der Waals surface area contributed by atoms with Crippen LogP contribution in [-0.2, 0) is 10.8 Å². The number of hydrogen-bond acceptors (Lipinski definition) is 4. The minimum atomic E-state index is -2.08. The van der Waals surface area contributed by atoms with E-state index in [1.54, 1.807) is 12.1 Å². The van der Waals surface area contributed by atoms with Gasteiger partial charge in [-0.2, -0.15) is 0 Å². The predicted octanol–water partition coefficient (Wildman–Crippen LogP) is 5.88. The maximum atomic E-state index is 10.8. The molecule has 6 heteroatoms. The van der Waals surface area contributed by atoms with Crippen LogP contribution in [-0.4, -0.2) is 14.7 Å². The molecule has 0 aliphatic heterocycles. The van der Waals surface area contributed by atoms with Crippen molar-refractivity contribution in [3.05, 3.63) is 77.9 Å². The highest BCUT2D eigenvalue weighted by molar-refractivity contribution is 7.55. The molecule has 3 rings (SSSR count). The van der Waals surface area contributed by atoms with E-state index in [4.69, 9.17) is 4.52 Å². The number of rotatable bonds is 5. The van der Waals surface area contributed by atoms with Crippen LogP contribution in [0, 0.1) is 0 Å². The molecule has 0 amide bonds. The first kappa shape index (κ1) is 24.8. The van der Waals surface area contributed by atoms with Gasteiger partial charge in [-0.25, -0.2) is 0 Å². The van der Waals surface area contributed by atoms with E-state index in [2.05, 4.69) is 53.7 Å². The highest BCUT2D eigenvalue weighted by Gasteiger charge is 2.25. The van der Waals surface area contributed by atoms with E-state index in [0.29, 0.717) is 11.1 Å². The van der Waals surface area contributed by atoms with Crippen LogP contribution in [0.1, 0.15) is 52.7 Å². The summed E-state index contributed by atoms with van der Waals surface area (Å²) < 4.78 is 6.08. The fourth-order valence-corrected chi connectivity index (χ4v) is 4.65. The summed E-state index contributed by atoms with van der Waals surface area (Å²) >= 11 is 0. The molecular weight excluding hydrogens is 438 g/mol. The predicted molar refractivity (Wildman–Crippen MR) is 136 cm³/mol. The van der Waals surface area contributed by atoms with Crippen LogP contribution in [0.5, 0.6) is 5.75 Å². The molecule has 3 aromatic rings. The van der Waals surface area contributed by atoms with E-state index in [9.17, 15) is 14.7 Å². The molecule has 0 aliphatic rings. The maximum absolute atomic E-state index is 10.8. The molecule has 3 aromatic carbocycles. The first-order valence-electron chi connectivity index (χ1n) is 10.6. The first-order chi connectivity index (χ1) is 14.9. The molecule has 0 aliphatic carbocycles. The standard InChI is InChI=1S/C26H32O4P2/c1-25(2,3)20-11-16-24(23(17-20)26(4,5)6)30-32(29)22-14-9-19(10-15-22)18-7-12-21(13-8-18)31(27)28/h7-17,27-29H,1-6H3. The summed E-state index contributed by atoms with van der Waals surface area (Å²) in [5.74, 6) is 0.711. The van der Waals surface area contributed by atoms with Crippen LogP contribution in [0.2, 0.25) is 0 Å². The zero-order valence-electron chi connectivity index (χ0n) is 19.5. The molecule has 3 N–H and O–H groups in total. The topological polar surface area (TPSA) is 69.9 Å². The molecule has 32 heavy (non-hydrogen) atoms. The van der Waals surface area contributed by atoms with Crippen molar-refractivity contribution in [1.82, 2.24) is 0 Å². The number of hydrogen-bond donors (Lipinski definition) is 3. The molecule has 0 saturated heterocycles. The second-order valence-electron chi connectivity index (χ2n) is 9.96. The third kappa shape index (κ3) is 5.95. The van der Waals surface area contributed by atoms with Gasteiger partial charge in [0.05, 0.1) is 0 Å². The average molecular weight is 470 g/mol. The van der Waals surface area contributed by atoms with Crippen LogP contribution >= 0.6 is 16.8 Å². The fourth-order valence-electron chi connectivity index (χ4n) is 3.38. The van der Waals surface area contributed by atoms with Crippen LogP contribution in [0.4, 0.5) is 0 Å². The van der Waals surface area contributed by atoms with Gasteiger partial charge in [-0.05, 0) is 57.9 Å². The molecular formula is C26H32O4P2. The third-order valence-corrected chi connectivity index (χ3v) is 7.23. The maximum Gasteiger partial charge on any atom is 0.262 e. The number of benzene rings is 3. The quantitative estimate of drug-likeness (QED) is 0.408. The van der Waals surface area contributed by atoms with Crippen LogP contribution in [0.25, 0.3) is 11.1 Å². The van der Waals surface area contributed by atoms with Gasteiger partial charge in [0.15, 0.2) is 8.38 Å². The summed E-state index contributed by atoms with van der Waals surface area (Å²) in [6.07, 6.45) is 0. The second-order valence-corrected chi connectivity index (χ2v) is 12.3. The molecule has 1 atom stereocenters. The second kappa shape index (κ2) is 9.59. The van der Waals surface area contributed by atoms with Crippen LogP contribution in [0.15, 0.2) is 66.7 Å². The zero-order valence-corrected chi connectivity index (χ0v) is 21.3. The smallest absolute Gasteiger partial charge is 0.262 e. The zero-order chi connectivity index (χ0) is 23.7. The SMILES string of the molecule is CC(C)(C)c1ccc(OP(O)c2ccc(-c3ccc(P(O)O)cc3)cc2)c(C(C)(C)C)c1. The van der Waals surface area contributed by atoms with Gasteiger partial charge in [-0.3, -0.25) is 0 Å². The molecule has 0 spiro atoms. The summed E-state index contributed by atoms with van der Waals surface area (Å²) in [5.41, 5.74) is 4.18. The molecule has 4 nitrogen and oxygen atoms in total. The Morgan fingerprint density at radius 2 is 1.12 bits per heavy atom. The Morgan fingerprint density at radius 1 is 0.625 bits per heavy atom. The Morgan fingerprint density at radius 3 is 1.56 bits per heavy atom. The monoisotopic (exact) mass is 470 g/mol. The van der Waals surface area contributed by atoms with E-state index in [-0.39, 0.29) is 10.8 Å². The van der Waals surface area contributed by atoms with Crippen molar-refractivity contribution >= 4 is 27.4 Å². The normalized spacial score (nSPS) is 13.3. The summed E-state index contributed by atoms with van der Waals surface area (Å²) in [5, 5.41) is 1.24. The fraction of sp³-hybridized carbons (Fsp3) is 0.308. The molecule has 1 unspecified atom stereocenters. The average Bonchev–Trinajstić information content (AvgIpc) is 2.72. The Bertz CT molecular complexity index is 1050. The highest BCUT2D eigenvalue weighted by atomic mass is 31.2. The van der Waals surface area contributed by atoms with Crippen molar-refractivity contribution in [2.75, 3.05) is 0 Å². The van der Waals surface area contributed by atoms with E-state index in [1.807, 2.05) is 42.5 Å². The lowest BCUT2D eigenvalue weighted by Crippen LogP contribution is -2.17. The summed E-state index contributed by atoms with van der Waals surface area (Å²) in [7, 11) is -3.89. The van der Waals surface area contributed by atoms with Gasteiger partial charge in [0.2, 0.25) is 0 Å². The Balaban J connectivity index is 1.82. The molecule has 170 valence electrons. The largest absolute Gasteiger partial charge is 0.444 e. The lowest BCUT2D eigenvalue weighted by molar-refractivity contribution is 0.477. The van der Waals surface area contributed by atoms with Crippen molar-refractivity contribution in [1.29, 1.82) is 0 Å². The van der Waals surface area contributed by atoms with Crippen molar-refractivity contribution in [2.45, 2.75) is 52.4 Å². The molecule has 0 bridgehead atoms.